The molecule has 0 atom stereocenters. The Morgan fingerprint density at radius 3 is 0.642 bits per heavy atom. The summed E-state index contributed by atoms with van der Waals surface area (Å²) < 4.78 is 7.21. The second-order valence-corrected chi connectivity index (χ2v) is 33.8. The Morgan fingerprint density at radius 1 is 0.171 bits per heavy atom. The van der Waals surface area contributed by atoms with Gasteiger partial charge < -0.3 is 13.7 Å². The second-order valence-electron chi connectivity index (χ2n) is 33.8. The summed E-state index contributed by atoms with van der Waals surface area (Å²) in [5.41, 5.74) is 30.1. The normalized spacial score (nSPS) is 11.8. The van der Waals surface area contributed by atoms with Crippen molar-refractivity contribution in [2.75, 3.05) is 0 Å². The smallest absolute Gasteiger partial charge is 0.0541 e. The summed E-state index contributed by atoms with van der Waals surface area (Å²) in [7, 11) is 0. The van der Waals surface area contributed by atoms with Gasteiger partial charge in [0.25, 0.3) is 0 Å². The van der Waals surface area contributed by atoms with E-state index >= 15 is 0 Å². The molecule has 3 heterocycles. The molecular weight excluding hydrogens is 1480 g/mol. The average molecular weight is 1570 g/mol. The van der Waals surface area contributed by atoms with Crippen molar-refractivity contribution in [3.05, 3.63) is 453 Å². The Kier molecular flexibility index (Phi) is 18.3. The third-order valence-electron chi connectivity index (χ3n) is 25.5. The number of hydrogen-bond acceptors (Lipinski definition) is 0. The van der Waals surface area contributed by atoms with E-state index < -0.39 is 0 Å². The lowest BCUT2D eigenvalue weighted by atomic mass is 9.82. The summed E-state index contributed by atoms with van der Waals surface area (Å²) >= 11 is 0. The van der Waals surface area contributed by atoms with Crippen molar-refractivity contribution in [3.63, 3.8) is 0 Å². The third kappa shape index (κ3) is 12.6. The number of nitrogens with zero attached hydrogens (tertiary/aromatic N) is 3. The van der Waals surface area contributed by atoms with Crippen LogP contribution in [0.2, 0.25) is 0 Å². The highest BCUT2D eigenvalue weighted by Crippen LogP contribution is 2.50. The molecule has 0 saturated heterocycles. The molecule has 0 N–H and O–H groups in total. The van der Waals surface area contributed by atoms with E-state index in [2.05, 4.69) is 485 Å². The molecule has 0 radical (unpaired) electrons. The van der Waals surface area contributed by atoms with Gasteiger partial charge in [-0.2, -0.15) is 0 Å². The van der Waals surface area contributed by atoms with Crippen molar-refractivity contribution < 1.29 is 0 Å². The molecule has 3 nitrogen and oxygen atoms in total. The van der Waals surface area contributed by atoms with Gasteiger partial charge in [-0.15, -0.1) is 0 Å². The van der Waals surface area contributed by atoms with Crippen molar-refractivity contribution in [2.45, 2.75) is 40.0 Å². The third-order valence-corrected chi connectivity index (χ3v) is 25.5. The second kappa shape index (κ2) is 30.4. The fourth-order valence-electron chi connectivity index (χ4n) is 20.0. The van der Waals surface area contributed by atoms with Crippen LogP contribution in [0.15, 0.2) is 437 Å². The topological polar surface area (TPSA) is 14.8 Å². The van der Waals surface area contributed by atoms with Crippen LogP contribution in [-0.2, 0) is 5.41 Å². The van der Waals surface area contributed by atoms with Crippen LogP contribution < -0.4 is 0 Å². The van der Waals surface area contributed by atoms with Crippen LogP contribution in [-0.4, -0.2) is 13.7 Å². The number of hydrogen-bond donors (Lipinski definition) is 0. The lowest BCUT2D eigenvalue weighted by Gasteiger charge is -2.22. The average Bonchev–Trinajstić information content (AvgIpc) is 1.64. The lowest BCUT2D eigenvalue weighted by molar-refractivity contribution is 0.590. The summed E-state index contributed by atoms with van der Waals surface area (Å²) in [5.74, 6) is 0. The molecule has 24 aromatic rings. The van der Waals surface area contributed by atoms with Crippen molar-refractivity contribution in [3.8, 4) is 83.8 Å². The van der Waals surface area contributed by atoms with Gasteiger partial charge in [-0.3, -0.25) is 0 Å². The van der Waals surface area contributed by atoms with E-state index in [0.717, 1.165) is 0 Å². The zero-order chi connectivity index (χ0) is 82.4. The molecule has 0 aliphatic rings. The highest BCUT2D eigenvalue weighted by molar-refractivity contribution is 6.25. The quantitative estimate of drug-likeness (QED) is 0.128. The van der Waals surface area contributed by atoms with Crippen molar-refractivity contribution in [1.82, 2.24) is 13.7 Å². The van der Waals surface area contributed by atoms with Gasteiger partial charge in [-0.05, 0) is 235 Å². The zero-order valence-corrected chi connectivity index (χ0v) is 69.4. The van der Waals surface area contributed by atoms with Crippen molar-refractivity contribution in [2.24, 2.45) is 0 Å². The molecular formula is C120H87N3. The van der Waals surface area contributed by atoms with E-state index in [0.29, 0.717) is 0 Å². The van der Waals surface area contributed by atoms with Crippen LogP contribution in [0.25, 0.3) is 214 Å². The number of fused-ring (bicyclic) bond motifs is 15. The molecule has 0 saturated carbocycles. The molecule has 0 unspecified atom stereocenters. The minimum Gasteiger partial charge on any atom is -0.309 e. The molecule has 582 valence electrons. The molecule has 0 bridgehead atoms. The minimum absolute atomic E-state index is 0.0782. The van der Waals surface area contributed by atoms with Crippen LogP contribution in [0.5, 0.6) is 0 Å². The zero-order valence-electron chi connectivity index (χ0n) is 69.4. The van der Waals surface area contributed by atoms with Crippen LogP contribution in [0.1, 0.15) is 37.5 Å². The standard InChI is InChI=1S/C42H33N.2C39H27N/c1-42(2,3)30-16-12-14-28(26-30)40-34-20-4-6-22-36(34)41(37-23-7-5-21-35(37)40)29-15-13-17-31(27-29)43-38-24-10-8-18-32(38)33-19-9-11-25-39(33)43;1-26-12-10-13-27(24-26)38-32-18-2-4-20-34(32)39(35-21-5-3-19-33(35)38)28-14-11-15-29(25-28)40-36-22-8-6-16-30(36)31-17-7-9-23-37(31)40;1-26-13-2-3-16-29(26)39-34-21-6-4-19-32(34)38(33-20-5-7-22-35(33)39)27-14-12-15-28(25-27)40-36-23-10-8-17-30(36)31-18-9-11-24-37(31)40/h4-27H,1-3H3;2*2-25H,1H3. The van der Waals surface area contributed by atoms with E-state index in [-0.39, 0.29) is 5.41 Å². The van der Waals surface area contributed by atoms with Crippen LogP contribution in [0.4, 0.5) is 0 Å². The first-order valence-electron chi connectivity index (χ1n) is 42.9. The highest BCUT2D eigenvalue weighted by atomic mass is 15.0. The minimum atomic E-state index is 0.0782. The van der Waals surface area contributed by atoms with Gasteiger partial charge in [0, 0.05) is 49.4 Å². The molecule has 0 fully saturated rings. The van der Waals surface area contributed by atoms with Gasteiger partial charge in [0.1, 0.15) is 0 Å². The first-order valence-corrected chi connectivity index (χ1v) is 42.9. The van der Waals surface area contributed by atoms with Crippen molar-refractivity contribution in [1.29, 1.82) is 0 Å². The van der Waals surface area contributed by atoms with Gasteiger partial charge in [0.05, 0.1) is 33.1 Å². The maximum atomic E-state index is 2.41. The molecule has 24 rings (SSSR count). The number of para-hydroxylation sites is 6. The summed E-state index contributed by atoms with van der Waals surface area (Å²) in [5, 5.41) is 23.0. The highest BCUT2D eigenvalue weighted by Gasteiger charge is 2.25. The van der Waals surface area contributed by atoms with Gasteiger partial charge in [0.2, 0.25) is 0 Å². The first kappa shape index (κ1) is 73.9. The Labute approximate surface area is 716 Å². The molecule has 0 spiro atoms. The number of benzene rings is 21. The van der Waals surface area contributed by atoms with Crippen molar-refractivity contribution >= 4 is 130 Å². The van der Waals surface area contributed by atoms with E-state index in [1.54, 1.807) is 0 Å². The van der Waals surface area contributed by atoms with Crippen LogP contribution in [0, 0.1) is 13.8 Å². The predicted octanol–water partition coefficient (Wildman–Crippen LogP) is 33.2. The molecule has 3 aromatic heterocycles. The number of rotatable bonds is 9. The van der Waals surface area contributed by atoms with E-state index in [9.17, 15) is 0 Å². The van der Waals surface area contributed by atoms with Gasteiger partial charge in [-0.25, -0.2) is 0 Å². The fourth-order valence-corrected chi connectivity index (χ4v) is 20.0. The largest absolute Gasteiger partial charge is 0.309 e. The van der Waals surface area contributed by atoms with E-state index in [1.165, 1.54) is 231 Å². The summed E-state index contributed by atoms with van der Waals surface area (Å²) in [6.45, 7) is 11.2. The monoisotopic (exact) mass is 1570 g/mol. The molecule has 0 aliphatic heterocycles. The number of aromatic nitrogens is 3. The summed E-state index contributed by atoms with van der Waals surface area (Å²) in [4.78, 5) is 0. The summed E-state index contributed by atoms with van der Waals surface area (Å²) in [6.07, 6.45) is 0. The lowest BCUT2D eigenvalue weighted by Crippen LogP contribution is -2.10. The van der Waals surface area contributed by atoms with Crippen LogP contribution in [0.3, 0.4) is 0 Å². The molecule has 0 amide bonds. The molecule has 3 heteroatoms. The summed E-state index contributed by atoms with van der Waals surface area (Å²) in [6, 6.07) is 160. The Bertz CT molecular complexity index is 8010. The van der Waals surface area contributed by atoms with Gasteiger partial charge in [0.15, 0.2) is 0 Å². The molecule has 123 heavy (non-hydrogen) atoms. The predicted molar refractivity (Wildman–Crippen MR) is 528 cm³/mol. The maximum absolute atomic E-state index is 2.41. The molecule has 0 aliphatic carbocycles. The Hall–Kier alpha value is -15.4. The Balaban J connectivity index is 0.000000110. The van der Waals surface area contributed by atoms with E-state index in [1.807, 2.05) is 0 Å². The van der Waals surface area contributed by atoms with Gasteiger partial charge >= 0.3 is 0 Å². The fraction of sp³-hybridized carbons (Fsp3) is 0.0500. The maximum Gasteiger partial charge on any atom is 0.0541 e. The van der Waals surface area contributed by atoms with Crippen LogP contribution >= 0.6 is 0 Å². The Morgan fingerprint density at radius 2 is 0.382 bits per heavy atom. The first-order chi connectivity index (χ1) is 60.6. The molecule has 21 aromatic carbocycles. The van der Waals surface area contributed by atoms with E-state index in [4.69, 9.17) is 0 Å². The number of aryl methyl sites for hydroxylation is 2. The van der Waals surface area contributed by atoms with Gasteiger partial charge in [-0.1, -0.05) is 390 Å². The SMILES string of the molecule is CC(C)(C)c1cccc(-c2c3ccccc3c(-c3cccc(-n4c5ccccc5c5ccccc54)c3)c3ccccc23)c1.Cc1cccc(-c2c3ccccc3c(-c3cccc(-n4c5ccccc5c5ccccc54)c3)c3ccccc23)c1.Cc1ccccc1-c1c2ccccc2c(-c2cccc(-n3c4ccccc4c4ccccc43)c2)c2ccccc12.